The molecule has 1 aliphatic rings. The van der Waals surface area contributed by atoms with Crippen LogP contribution in [0.15, 0.2) is 18.2 Å². The van der Waals surface area contributed by atoms with Crippen molar-refractivity contribution in [2.24, 2.45) is 5.92 Å². The van der Waals surface area contributed by atoms with Crippen molar-refractivity contribution in [1.29, 1.82) is 5.26 Å². The predicted octanol–water partition coefficient (Wildman–Crippen LogP) is 2.06. The van der Waals surface area contributed by atoms with Gasteiger partial charge >= 0.3 is 0 Å². The summed E-state index contributed by atoms with van der Waals surface area (Å²) in [6, 6.07) is 5.91. The van der Waals surface area contributed by atoms with Crippen LogP contribution in [0.4, 0.5) is 4.39 Å². The van der Waals surface area contributed by atoms with E-state index in [1.807, 2.05) is 6.07 Å². The fraction of sp³-hybridized carbons (Fsp3) is 0.471. The van der Waals surface area contributed by atoms with Crippen LogP contribution in [0.3, 0.4) is 0 Å². The zero-order valence-corrected chi connectivity index (χ0v) is 13.1. The van der Waals surface area contributed by atoms with Gasteiger partial charge in [-0.05, 0) is 37.5 Å². The van der Waals surface area contributed by atoms with E-state index in [1.54, 1.807) is 19.1 Å². The monoisotopic (exact) mass is 317 g/mol. The van der Waals surface area contributed by atoms with Crippen molar-refractivity contribution in [3.8, 4) is 6.07 Å². The van der Waals surface area contributed by atoms with Gasteiger partial charge in [-0.3, -0.25) is 9.59 Å². The van der Waals surface area contributed by atoms with E-state index in [2.05, 4.69) is 10.6 Å². The molecule has 2 rings (SSSR count). The number of benzene rings is 1. The molecule has 2 N–H and O–H groups in total. The van der Waals surface area contributed by atoms with Crippen molar-refractivity contribution in [1.82, 2.24) is 10.6 Å². The second-order valence-corrected chi connectivity index (χ2v) is 5.81. The van der Waals surface area contributed by atoms with Crippen LogP contribution in [0, 0.1) is 30.0 Å². The number of hydrogen-bond donors (Lipinski definition) is 2. The van der Waals surface area contributed by atoms with E-state index in [4.69, 9.17) is 5.26 Å². The van der Waals surface area contributed by atoms with Crippen LogP contribution in [-0.2, 0) is 4.79 Å². The van der Waals surface area contributed by atoms with Gasteiger partial charge in [0, 0.05) is 11.6 Å². The summed E-state index contributed by atoms with van der Waals surface area (Å²) in [6.45, 7) is 1.59. The molecule has 122 valence electrons. The fourth-order valence-corrected chi connectivity index (χ4v) is 2.86. The molecule has 1 aromatic carbocycles. The van der Waals surface area contributed by atoms with E-state index in [0.717, 1.165) is 12.8 Å². The molecule has 0 aliphatic heterocycles. The van der Waals surface area contributed by atoms with Crippen molar-refractivity contribution < 1.29 is 14.0 Å². The standard InChI is InChI=1S/C17H20FN3O2/c1-11-6-7-12(10-14(11)18)16(22)21-15-5-3-2-4-13(15)17(23)20-9-8-19/h6-7,10,13,15H,2-5,9H2,1H3,(H,20,23)(H,21,22)/t13-,15+/m0/s1. The van der Waals surface area contributed by atoms with Crippen LogP contribution in [-0.4, -0.2) is 24.4 Å². The van der Waals surface area contributed by atoms with Crippen LogP contribution < -0.4 is 10.6 Å². The highest BCUT2D eigenvalue weighted by molar-refractivity contribution is 5.95. The lowest BCUT2D eigenvalue weighted by molar-refractivity contribution is -0.126. The second kappa shape index (κ2) is 7.73. The molecular weight excluding hydrogens is 297 g/mol. The number of amides is 2. The topological polar surface area (TPSA) is 82.0 Å². The number of aryl methyl sites for hydroxylation is 1. The Balaban J connectivity index is 2.06. The Morgan fingerprint density at radius 3 is 2.78 bits per heavy atom. The predicted molar refractivity (Wildman–Crippen MR) is 83.0 cm³/mol. The lowest BCUT2D eigenvalue weighted by Crippen LogP contribution is -2.48. The lowest BCUT2D eigenvalue weighted by atomic mass is 9.83. The Morgan fingerprint density at radius 2 is 2.09 bits per heavy atom. The number of carbonyl (C=O) groups is 2. The molecule has 1 aromatic rings. The largest absolute Gasteiger partial charge is 0.349 e. The van der Waals surface area contributed by atoms with E-state index in [0.29, 0.717) is 18.4 Å². The Kier molecular flexibility index (Phi) is 5.69. The van der Waals surface area contributed by atoms with E-state index >= 15 is 0 Å². The maximum Gasteiger partial charge on any atom is 0.251 e. The molecule has 0 radical (unpaired) electrons. The van der Waals surface area contributed by atoms with Gasteiger partial charge in [0.05, 0.1) is 12.0 Å². The van der Waals surface area contributed by atoms with Gasteiger partial charge in [-0.2, -0.15) is 5.26 Å². The zero-order chi connectivity index (χ0) is 16.8. The van der Waals surface area contributed by atoms with Gasteiger partial charge in [0.2, 0.25) is 5.91 Å². The fourth-order valence-electron chi connectivity index (χ4n) is 2.86. The van der Waals surface area contributed by atoms with Crippen LogP contribution >= 0.6 is 0 Å². The molecule has 0 unspecified atom stereocenters. The highest BCUT2D eigenvalue weighted by atomic mass is 19.1. The maximum atomic E-state index is 13.6. The number of carbonyl (C=O) groups excluding carboxylic acids is 2. The molecule has 5 nitrogen and oxygen atoms in total. The van der Waals surface area contributed by atoms with Crippen molar-refractivity contribution in [2.75, 3.05) is 6.54 Å². The Labute approximate surface area is 134 Å². The lowest BCUT2D eigenvalue weighted by Gasteiger charge is -2.31. The summed E-state index contributed by atoms with van der Waals surface area (Å²) in [5.41, 5.74) is 0.725. The molecule has 0 aromatic heterocycles. The van der Waals surface area contributed by atoms with Gasteiger partial charge in [0.25, 0.3) is 5.91 Å². The summed E-state index contributed by atoms with van der Waals surface area (Å²) >= 11 is 0. The quantitative estimate of drug-likeness (QED) is 0.834. The van der Waals surface area contributed by atoms with Crippen LogP contribution in [0.2, 0.25) is 0 Å². The number of rotatable bonds is 4. The van der Waals surface area contributed by atoms with Crippen molar-refractivity contribution in [3.63, 3.8) is 0 Å². The van der Waals surface area contributed by atoms with Gasteiger partial charge in [0.1, 0.15) is 12.4 Å². The first-order valence-corrected chi connectivity index (χ1v) is 7.74. The molecule has 0 saturated heterocycles. The zero-order valence-electron chi connectivity index (χ0n) is 13.1. The van der Waals surface area contributed by atoms with Crippen molar-refractivity contribution in [2.45, 2.75) is 38.6 Å². The minimum absolute atomic E-state index is 0.0425. The van der Waals surface area contributed by atoms with E-state index in [9.17, 15) is 14.0 Å². The maximum absolute atomic E-state index is 13.6. The first kappa shape index (κ1) is 16.9. The molecule has 6 heteroatoms. The van der Waals surface area contributed by atoms with Crippen LogP contribution in [0.25, 0.3) is 0 Å². The smallest absolute Gasteiger partial charge is 0.251 e. The summed E-state index contributed by atoms with van der Waals surface area (Å²) < 4.78 is 13.6. The number of nitrogens with one attached hydrogen (secondary N) is 2. The highest BCUT2D eigenvalue weighted by Crippen LogP contribution is 2.25. The SMILES string of the molecule is Cc1ccc(C(=O)N[C@@H]2CCCC[C@@H]2C(=O)NCC#N)cc1F. The average Bonchev–Trinajstić information content (AvgIpc) is 2.55. The summed E-state index contributed by atoms with van der Waals surface area (Å²) in [6.07, 6.45) is 3.21. The van der Waals surface area contributed by atoms with E-state index in [-0.39, 0.29) is 35.9 Å². The van der Waals surface area contributed by atoms with E-state index in [1.165, 1.54) is 6.07 Å². The molecule has 2 amide bonds. The number of hydrogen-bond acceptors (Lipinski definition) is 3. The van der Waals surface area contributed by atoms with Crippen LogP contribution in [0.1, 0.15) is 41.6 Å². The second-order valence-electron chi connectivity index (χ2n) is 5.81. The third-order valence-corrected chi connectivity index (χ3v) is 4.19. The van der Waals surface area contributed by atoms with Crippen LogP contribution in [0.5, 0.6) is 0 Å². The minimum Gasteiger partial charge on any atom is -0.349 e. The highest BCUT2D eigenvalue weighted by Gasteiger charge is 2.32. The minimum atomic E-state index is -0.426. The first-order valence-electron chi connectivity index (χ1n) is 7.74. The summed E-state index contributed by atoms with van der Waals surface area (Å²) in [5, 5.41) is 13.9. The molecule has 0 spiro atoms. The van der Waals surface area contributed by atoms with Gasteiger partial charge in [-0.25, -0.2) is 4.39 Å². The van der Waals surface area contributed by atoms with Crippen molar-refractivity contribution in [3.05, 3.63) is 35.1 Å². The summed E-state index contributed by atoms with van der Waals surface area (Å²) in [7, 11) is 0. The van der Waals surface area contributed by atoms with E-state index < -0.39 is 5.82 Å². The third-order valence-electron chi connectivity index (χ3n) is 4.19. The molecular formula is C17H20FN3O2. The molecule has 1 fully saturated rings. The van der Waals surface area contributed by atoms with Gasteiger partial charge in [-0.15, -0.1) is 0 Å². The molecule has 1 saturated carbocycles. The van der Waals surface area contributed by atoms with Crippen molar-refractivity contribution >= 4 is 11.8 Å². The third kappa shape index (κ3) is 4.28. The number of nitriles is 1. The Morgan fingerprint density at radius 1 is 1.35 bits per heavy atom. The Hall–Kier alpha value is -2.42. The number of nitrogens with zero attached hydrogens (tertiary/aromatic N) is 1. The van der Waals surface area contributed by atoms with Gasteiger partial charge in [-0.1, -0.05) is 18.9 Å². The molecule has 0 heterocycles. The normalized spacial score (nSPS) is 20.4. The number of halogens is 1. The van der Waals surface area contributed by atoms with Gasteiger partial charge < -0.3 is 10.6 Å². The Bertz CT molecular complexity index is 639. The average molecular weight is 317 g/mol. The molecule has 0 bridgehead atoms. The molecule has 1 aliphatic carbocycles. The molecule has 23 heavy (non-hydrogen) atoms. The molecule has 2 atom stereocenters. The van der Waals surface area contributed by atoms with Gasteiger partial charge in [0.15, 0.2) is 0 Å². The first-order chi connectivity index (χ1) is 11.0. The summed E-state index contributed by atoms with van der Waals surface area (Å²) in [5.74, 6) is -1.37. The summed E-state index contributed by atoms with van der Waals surface area (Å²) in [4.78, 5) is 24.4.